The number of hydrogen-bond donors (Lipinski definition) is 0. The molecule has 0 atom stereocenters. The Kier molecular flexibility index (Phi) is 2.20. The Labute approximate surface area is 83.9 Å². The van der Waals surface area contributed by atoms with E-state index in [-0.39, 0.29) is 5.82 Å². The first-order valence-corrected chi connectivity index (χ1v) is 4.68. The normalized spacial score (nSPS) is 10.0. The van der Waals surface area contributed by atoms with E-state index in [4.69, 9.17) is 5.26 Å². The highest BCUT2D eigenvalue weighted by molar-refractivity contribution is 7.11. The van der Waals surface area contributed by atoms with Crippen molar-refractivity contribution in [2.75, 3.05) is 0 Å². The number of nitrogens with zero attached hydrogens (tertiary/aromatic N) is 6. The van der Waals surface area contributed by atoms with Crippen molar-refractivity contribution in [2.24, 2.45) is 0 Å². The SMILES string of the molecule is Cc1nnc(Cn2cnc(C#N)n2)s1. The van der Waals surface area contributed by atoms with Crippen LogP contribution in [0.15, 0.2) is 6.33 Å². The van der Waals surface area contributed by atoms with Crippen LogP contribution in [0.2, 0.25) is 0 Å². The van der Waals surface area contributed by atoms with Gasteiger partial charge >= 0.3 is 0 Å². The zero-order valence-corrected chi connectivity index (χ0v) is 8.19. The third-order valence-electron chi connectivity index (χ3n) is 1.50. The van der Waals surface area contributed by atoms with Crippen LogP contribution in [-0.4, -0.2) is 25.0 Å². The molecule has 0 saturated carbocycles. The first kappa shape index (κ1) is 8.77. The molecule has 2 aromatic heterocycles. The van der Waals surface area contributed by atoms with E-state index < -0.39 is 0 Å². The van der Waals surface area contributed by atoms with E-state index in [0.717, 1.165) is 10.0 Å². The molecule has 6 nitrogen and oxygen atoms in total. The molecular weight excluding hydrogens is 200 g/mol. The van der Waals surface area contributed by atoms with Crippen molar-refractivity contribution in [3.05, 3.63) is 22.2 Å². The minimum atomic E-state index is 0.172. The van der Waals surface area contributed by atoms with Gasteiger partial charge in [0, 0.05) is 0 Å². The van der Waals surface area contributed by atoms with Crippen molar-refractivity contribution in [2.45, 2.75) is 13.5 Å². The standard InChI is InChI=1S/C7H6N6S/c1-5-10-11-7(14-5)3-13-4-9-6(2-8)12-13/h4H,3H2,1H3. The second-order valence-electron chi connectivity index (χ2n) is 2.59. The van der Waals surface area contributed by atoms with E-state index in [2.05, 4.69) is 20.3 Å². The molecule has 7 heteroatoms. The Hall–Kier alpha value is -1.81. The Morgan fingerprint density at radius 2 is 2.43 bits per heavy atom. The molecule has 0 aliphatic carbocycles. The van der Waals surface area contributed by atoms with Crippen LogP contribution in [0.3, 0.4) is 0 Å². The molecule has 0 N–H and O–H groups in total. The van der Waals surface area contributed by atoms with Gasteiger partial charge in [-0.2, -0.15) is 5.26 Å². The minimum absolute atomic E-state index is 0.172. The molecule has 0 spiro atoms. The zero-order chi connectivity index (χ0) is 9.97. The fourth-order valence-electron chi connectivity index (χ4n) is 0.962. The maximum atomic E-state index is 8.51. The summed E-state index contributed by atoms with van der Waals surface area (Å²) >= 11 is 1.51. The topological polar surface area (TPSA) is 80.3 Å². The minimum Gasteiger partial charge on any atom is -0.245 e. The number of aromatic nitrogens is 5. The van der Waals surface area contributed by atoms with Crippen molar-refractivity contribution < 1.29 is 0 Å². The van der Waals surface area contributed by atoms with Gasteiger partial charge in [0.25, 0.3) is 5.82 Å². The first-order valence-electron chi connectivity index (χ1n) is 3.86. The van der Waals surface area contributed by atoms with Gasteiger partial charge in [-0.05, 0) is 6.92 Å². The molecule has 2 heterocycles. The maximum absolute atomic E-state index is 8.51. The Balaban J connectivity index is 2.15. The third kappa shape index (κ3) is 1.75. The predicted octanol–water partition coefficient (Wildman–Crippen LogP) is 0.358. The number of nitriles is 1. The molecule has 0 bridgehead atoms. The summed E-state index contributed by atoms with van der Waals surface area (Å²) < 4.78 is 1.57. The Morgan fingerprint density at radius 3 is 3.00 bits per heavy atom. The van der Waals surface area contributed by atoms with Gasteiger partial charge in [0.15, 0.2) is 0 Å². The van der Waals surface area contributed by atoms with Crippen LogP contribution in [0.1, 0.15) is 15.8 Å². The van der Waals surface area contributed by atoms with E-state index >= 15 is 0 Å². The van der Waals surface area contributed by atoms with E-state index in [1.807, 2.05) is 13.0 Å². The van der Waals surface area contributed by atoms with Gasteiger partial charge in [-0.3, -0.25) is 0 Å². The van der Waals surface area contributed by atoms with E-state index in [1.165, 1.54) is 17.7 Å². The lowest BCUT2D eigenvalue weighted by atomic mass is 10.7. The van der Waals surface area contributed by atoms with Crippen LogP contribution in [0.5, 0.6) is 0 Å². The smallest absolute Gasteiger partial charge is 0.245 e. The van der Waals surface area contributed by atoms with Gasteiger partial charge in [-0.15, -0.1) is 15.3 Å². The fourth-order valence-corrected chi connectivity index (χ4v) is 1.66. The molecule has 0 aliphatic rings. The monoisotopic (exact) mass is 206 g/mol. The van der Waals surface area contributed by atoms with E-state index in [9.17, 15) is 0 Å². The van der Waals surface area contributed by atoms with Crippen LogP contribution in [0, 0.1) is 18.3 Å². The highest BCUT2D eigenvalue weighted by Crippen LogP contribution is 2.08. The number of aryl methyl sites for hydroxylation is 1. The average molecular weight is 206 g/mol. The average Bonchev–Trinajstić information content (AvgIpc) is 2.76. The van der Waals surface area contributed by atoms with Gasteiger partial charge in [0.05, 0.1) is 6.54 Å². The van der Waals surface area contributed by atoms with Gasteiger partial charge in [0.1, 0.15) is 22.4 Å². The van der Waals surface area contributed by atoms with Crippen LogP contribution in [0.4, 0.5) is 0 Å². The fraction of sp³-hybridized carbons (Fsp3) is 0.286. The Morgan fingerprint density at radius 1 is 1.57 bits per heavy atom. The van der Waals surface area contributed by atoms with Gasteiger partial charge in [-0.1, -0.05) is 11.3 Å². The van der Waals surface area contributed by atoms with Gasteiger partial charge in [-0.25, -0.2) is 9.67 Å². The molecule has 70 valence electrons. The largest absolute Gasteiger partial charge is 0.252 e. The lowest BCUT2D eigenvalue weighted by Gasteiger charge is -1.92. The second-order valence-corrected chi connectivity index (χ2v) is 3.86. The zero-order valence-electron chi connectivity index (χ0n) is 7.38. The molecule has 0 aromatic carbocycles. The van der Waals surface area contributed by atoms with Crippen LogP contribution < -0.4 is 0 Å². The summed E-state index contributed by atoms with van der Waals surface area (Å²) in [5, 5.41) is 22.0. The number of rotatable bonds is 2. The quantitative estimate of drug-likeness (QED) is 0.708. The van der Waals surface area contributed by atoms with Crippen molar-refractivity contribution >= 4 is 11.3 Å². The van der Waals surface area contributed by atoms with Crippen LogP contribution in [0.25, 0.3) is 0 Å². The summed E-state index contributed by atoms with van der Waals surface area (Å²) in [7, 11) is 0. The van der Waals surface area contributed by atoms with Crippen molar-refractivity contribution in [1.29, 1.82) is 5.26 Å². The summed E-state index contributed by atoms with van der Waals surface area (Å²) in [4.78, 5) is 3.78. The molecule has 0 amide bonds. The predicted molar refractivity (Wildman–Crippen MR) is 48.5 cm³/mol. The third-order valence-corrected chi connectivity index (χ3v) is 2.33. The van der Waals surface area contributed by atoms with Gasteiger partial charge in [0.2, 0.25) is 0 Å². The van der Waals surface area contributed by atoms with Crippen LogP contribution in [-0.2, 0) is 6.54 Å². The second kappa shape index (κ2) is 3.51. The molecule has 2 aromatic rings. The summed E-state index contributed by atoms with van der Waals surface area (Å²) in [5.41, 5.74) is 0. The van der Waals surface area contributed by atoms with Crippen molar-refractivity contribution in [3.8, 4) is 6.07 Å². The lowest BCUT2D eigenvalue weighted by molar-refractivity contribution is 0.673. The maximum Gasteiger partial charge on any atom is 0.252 e. The Bertz CT molecular complexity index is 478. The molecule has 0 aliphatic heterocycles. The van der Waals surface area contributed by atoms with Crippen molar-refractivity contribution in [3.63, 3.8) is 0 Å². The summed E-state index contributed by atoms with van der Waals surface area (Å²) in [6.07, 6.45) is 1.51. The van der Waals surface area contributed by atoms with E-state index in [0.29, 0.717) is 6.54 Å². The summed E-state index contributed by atoms with van der Waals surface area (Å²) in [6.45, 7) is 2.41. The molecule has 0 radical (unpaired) electrons. The molecule has 14 heavy (non-hydrogen) atoms. The molecule has 2 rings (SSSR count). The molecule has 0 fully saturated rings. The first-order chi connectivity index (χ1) is 6.78. The lowest BCUT2D eigenvalue weighted by Crippen LogP contribution is -2.00. The summed E-state index contributed by atoms with van der Waals surface area (Å²) in [6, 6.07) is 1.86. The van der Waals surface area contributed by atoms with E-state index in [1.54, 1.807) is 4.68 Å². The van der Waals surface area contributed by atoms with Crippen molar-refractivity contribution in [1.82, 2.24) is 25.0 Å². The molecular formula is C7H6N6S. The summed E-state index contributed by atoms with van der Waals surface area (Å²) in [5.74, 6) is 0.172. The molecule has 0 unspecified atom stereocenters. The molecule has 0 saturated heterocycles. The highest BCUT2D eigenvalue weighted by atomic mass is 32.1. The van der Waals surface area contributed by atoms with Gasteiger partial charge < -0.3 is 0 Å². The van der Waals surface area contributed by atoms with Crippen LogP contribution >= 0.6 is 11.3 Å². The number of hydrogen-bond acceptors (Lipinski definition) is 6. The highest BCUT2D eigenvalue weighted by Gasteiger charge is 2.03.